The zero-order valence-corrected chi connectivity index (χ0v) is 20.3. The standard InChI is InChI=1S/C29H34N2O4/c1-2-34-20-12-19-30-29(33)27(21-24-13-6-3-7-14-24)31(22-25-15-8-4-9-16-25)28(32)23-35-26-17-10-5-11-18-26/h3-11,13-18,27H,2,12,19-23H2,1H3,(H,30,33)/t27-/m1/s1. The van der Waals surface area contributed by atoms with Crippen LogP contribution in [0.3, 0.4) is 0 Å². The first kappa shape index (κ1) is 26.0. The maximum absolute atomic E-state index is 13.5. The van der Waals surface area contributed by atoms with Crippen LogP contribution in [0.2, 0.25) is 0 Å². The lowest BCUT2D eigenvalue weighted by Gasteiger charge is -2.31. The number of ether oxygens (including phenoxy) is 2. The molecule has 0 saturated heterocycles. The number of benzene rings is 3. The van der Waals surface area contributed by atoms with Gasteiger partial charge < -0.3 is 19.7 Å². The molecule has 0 saturated carbocycles. The van der Waals surface area contributed by atoms with Gasteiger partial charge in [0.2, 0.25) is 5.91 Å². The fraction of sp³-hybridized carbons (Fsp3) is 0.310. The van der Waals surface area contributed by atoms with Crippen LogP contribution in [0.25, 0.3) is 0 Å². The number of carbonyl (C=O) groups is 2. The van der Waals surface area contributed by atoms with E-state index in [0.717, 1.165) is 11.1 Å². The Labute approximate surface area is 207 Å². The number of amides is 2. The molecule has 0 heterocycles. The number of hydrogen-bond acceptors (Lipinski definition) is 4. The van der Waals surface area contributed by atoms with Gasteiger partial charge in [0.05, 0.1) is 0 Å². The molecule has 0 unspecified atom stereocenters. The van der Waals surface area contributed by atoms with Crippen LogP contribution < -0.4 is 10.1 Å². The highest BCUT2D eigenvalue weighted by molar-refractivity contribution is 5.88. The Balaban J connectivity index is 1.81. The van der Waals surface area contributed by atoms with Gasteiger partial charge in [-0.25, -0.2) is 0 Å². The van der Waals surface area contributed by atoms with Gasteiger partial charge in [0.1, 0.15) is 11.8 Å². The van der Waals surface area contributed by atoms with Gasteiger partial charge >= 0.3 is 0 Å². The molecule has 6 heteroatoms. The topological polar surface area (TPSA) is 67.9 Å². The molecule has 3 aromatic rings. The molecule has 0 aliphatic rings. The first-order chi connectivity index (χ1) is 17.2. The molecule has 1 N–H and O–H groups in total. The van der Waals surface area contributed by atoms with E-state index in [-0.39, 0.29) is 18.4 Å². The van der Waals surface area contributed by atoms with Gasteiger partial charge in [-0.3, -0.25) is 9.59 Å². The minimum absolute atomic E-state index is 0.153. The predicted octanol–water partition coefficient (Wildman–Crippen LogP) is 4.25. The number of nitrogens with zero attached hydrogens (tertiary/aromatic N) is 1. The second kappa shape index (κ2) is 14.6. The third-order valence-electron chi connectivity index (χ3n) is 5.54. The normalized spacial score (nSPS) is 11.5. The van der Waals surface area contributed by atoms with Crippen LogP contribution >= 0.6 is 0 Å². The van der Waals surface area contributed by atoms with Crippen LogP contribution in [0.4, 0.5) is 0 Å². The maximum Gasteiger partial charge on any atom is 0.261 e. The molecule has 3 aromatic carbocycles. The van der Waals surface area contributed by atoms with Crippen LogP contribution in [-0.2, 0) is 27.3 Å². The van der Waals surface area contributed by atoms with Crippen LogP contribution in [-0.4, -0.2) is 49.1 Å². The molecule has 6 nitrogen and oxygen atoms in total. The fourth-order valence-corrected chi connectivity index (χ4v) is 3.73. The summed E-state index contributed by atoms with van der Waals surface area (Å²) in [7, 11) is 0. The van der Waals surface area contributed by atoms with E-state index in [1.807, 2.05) is 85.8 Å². The number of hydrogen-bond donors (Lipinski definition) is 1. The van der Waals surface area contributed by atoms with Crippen LogP contribution in [0.5, 0.6) is 5.75 Å². The van der Waals surface area contributed by atoms with Gasteiger partial charge in [0, 0.05) is 32.7 Å². The van der Waals surface area contributed by atoms with Crippen LogP contribution in [0.1, 0.15) is 24.5 Å². The van der Waals surface area contributed by atoms with Crippen molar-refractivity contribution < 1.29 is 19.1 Å². The first-order valence-electron chi connectivity index (χ1n) is 12.1. The lowest BCUT2D eigenvalue weighted by molar-refractivity contribution is -0.142. The monoisotopic (exact) mass is 474 g/mol. The second-order valence-corrected chi connectivity index (χ2v) is 8.16. The molecule has 0 spiro atoms. The van der Waals surface area contributed by atoms with E-state index >= 15 is 0 Å². The highest BCUT2D eigenvalue weighted by Gasteiger charge is 2.30. The SMILES string of the molecule is CCOCCCNC(=O)[C@@H](Cc1ccccc1)N(Cc1ccccc1)C(=O)COc1ccccc1. The summed E-state index contributed by atoms with van der Waals surface area (Å²) in [5, 5.41) is 3.00. The zero-order chi connectivity index (χ0) is 24.7. The molecule has 0 aromatic heterocycles. The van der Waals surface area contributed by atoms with Crippen LogP contribution in [0, 0.1) is 0 Å². The average Bonchev–Trinajstić information content (AvgIpc) is 2.91. The summed E-state index contributed by atoms with van der Waals surface area (Å²) in [6, 6.07) is 28.0. The second-order valence-electron chi connectivity index (χ2n) is 8.16. The van der Waals surface area contributed by atoms with E-state index in [9.17, 15) is 9.59 Å². The molecular weight excluding hydrogens is 440 g/mol. The molecule has 0 bridgehead atoms. The van der Waals surface area contributed by atoms with Crippen molar-refractivity contribution in [2.45, 2.75) is 32.4 Å². The van der Waals surface area contributed by atoms with E-state index in [1.165, 1.54) is 0 Å². The Kier molecular flexibility index (Phi) is 10.8. The maximum atomic E-state index is 13.5. The molecule has 0 aliphatic heterocycles. The number of para-hydroxylation sites is 1. The minimum Gasteiger partial charge on any atom is -0.484 e. The van der Waals surface area contributed by atoms with Crippen LogP contribution in [0.15, 0.2) is 91.0 Å². The predicted molar refractivity (Wildman–Crippen MR) is 137 cm³/mol. The molecule has 184 valence electrons. The van der Waals surface area contributed by atoms with Crippen molar-refractivity contribution >= 4 is 11.8 Å². The highest BCUT2D eigenvalue weighted by atomic mass is 16.5. The van der Waals surface area contributed by atoms with Crippen molar-refractivity contribution in [2.24, 2.45) is 0 Å². The van der Waals surface area contributed by atoms with E-state index in [4.69, 9.17) is 9.47 Å². The number of carbonyl (C=O) groups excluding carboxylic acids is 2. The van der Waals surface area contributed by atoms with Crippen molar-refractivity contribution in [3.63, 3.8) is 0 Å². The molecule has 3 rings (SSSR count). The van der Waals surface area contributed by atoms with E-state index in [1.54, 1.807) is 17.0 Å². The third kappa shape index (κ3) is 8.91. The van der Waals surface area contributed by atoms with Gasteiger partial charge in [-0.1, -0.05) is 78.9 Å². The quantitative estimate of drug-likeness (QED) is 0.355. The van der Waals surface area contributed by atoms with Crippen molar-refractivity contribution in [1.82, 2.24) is 10.2 Å². The lowest BCUT2D eigenvalue weighted by atomic mass is 10.0. The Bertz CT molecular complexity index is 1010. The largest absolute Gasteiger partial charge is 0.484 e. The Hall–Kier alpha value is -3.64. The smallest absolute Gasteiger partial charge is 0.261 e. The average molecular weight is 475 g/mol. The summed E-state index contributed by atoms with van der Waals surface area (Å²) in [4.78, 5) is 28.5. The first-order valence-corrected chi connectivity index (χ1v) is 12.1. The molecular formula is C29H34N2O4. The van der Waals surface area contributed by atoms with Gasteiger partial charge in [0.15, 0.2) is 6.61 Å². The highest BCUT2D eigenvalue weighted by Crippen LogP contribution is 2.16. The lowest BCUT2D eigenvalue weighted by Crippen LogP contribution is -2.51. The zero-order valence-electron chi connectivity index (χ0n) is 20.3. The molecule has 0 fully saturated rings. The van der Waals surface area contributed by atoms with E-state index < -0.39 is 6.04 Å². The van der Waals surface area contributed by atoms with Crippen molar-refractivity contribution in [3.8, 4) is 5.75 Å². The van der Waals surface area contributed by atoms with Crippen molar-refractivity contribution in [1.29, 1.82) is 0 Å². The Morgan fingerprint density at radius 1 is 0.857 bits per heavy atom. The summed E-state index contributed by atoms with van der Waals surface area (Å²) in [6.07, 6.45) is 1.11. The molecule has 0 aliphatic carbocycles. The fourth-order valence-electron chi connectivity index (χ4n) is 3.73. The van der Waals surface area contributed by atoms with Crippen molar-refractivity contribution in [3.05, 3.63) is 102 Å². The Morgan fingerprint density at radius 3 is 2.09 bits per heavy atom. The third-order valence-corrected chi connectivity index (χ3v) is 5.54. The minimum atomic E-state index is -0.684. The van der Waals surface area contributed by atoms with E-state index in [0.29, 0.717) is 44.9 Å². The van der Waals surface area contributed by atoms with Gasteiger partial charge in [-0.05, 0) is 36.6 Å². The Morgan fingerprint density at radius 2 is 1.46 bits per heavy atom. The summed E-state index contributed by atoms with van der Waals surface area (Å²) in [5.74, 6) is 0.179. The number of nitrogens with one attached hydrogen (secondary N) is 1. The van der Waals surface area contributed by atoms with Gasteiger partial charge in [0.25, 0.3) is 5.91 Å². The van der Waals surface area contributed by atoms with E-state index in [2.05, 4.69) is 5.32 Å². The van der Waals surface area contributed by atoms with Gasteiger partial charge in [-0.15, -0.1) is 0 Å². The molecule has 1 atom stereocenters. The summed E-state index contributed by atoms with van der Waals surface area (Å²) >= 11 is 0. The molecule has 35 heavy (non-hydrogen) atoms. The summed E-state index contributed by atoms with van der Waals surface area (Å²) in [6.45, 7) is 3.81. The molecule has 0 radical (unpaired) electrons. The number of rotatable bonds is 14. The molecule has 2 amide bonds. The van der Waals surface area contributed by atoms with Crippen molar-refractivity contribution in [2.75, 3.05) is 26.4 Å². The van der Waals surface area contributed by atoms with Gasteiger partial charge in [-0.2, -0.15) is 0 Å². The summed E-state index contributed by atoms with van der Waals surface area (Å²) < 4.78 is 11.1. The summed E-state index contributed by atoms with van der Waals surface area (Å²) in [5.41, 5.74) is 1.93.